The van der Waals surface area contributed by atoms with Gasteiger partial charge < -0.3 is 20.1 Å². The lowest BCUT2D eigenvalue weighted by molar-refractivity contribution is -0.0145. The van der Waals surface area contributed by atoms with E-state index in [0.29, 0.717) is 16.3 Å². The fourth-order valence-electron chi connectivity index (χ4n) is 2.53. The molecule has 0 aliphatic carbocycles. The number of rotatable bonds is 3. The summed E-state index contributed by atoms with van der Waals surface area (Å²) >= 11 is 0. The maximum atomic E-state index is 11.8. The second kappa shape index (κ2) is 4.92. The molecule has 0 saturated carbocycles. The van der Waals surface area contributed by atoms with Crippen LogP contribution in [0.2, 0.25) is 0 Å². The quantitative estimate of drug-likeness (QED) is 0.562. The van der Waals surface area contributed by atoms with Crippen LogP contribution in [0.3, 0.4) is 0 Å². The van der Waals surface area contributed by atoms with Gasteiger partial charge in [0.25, 0.3) is 0 Å². The highest BCUT2D eigenvalue weighted by Crippen LogP contribution is 2.34. The van der Waals surface area contributed by atoms with Crippen LogP contribution < -0.4 is 0 Å². The van der Waals surface area contributed by atoms with Crippen LogP contribution in [0.4, 0.5) is 0 Å². The minimum absolute atomic E-state index is 0.231. The number of aliphatic hydroxyl groups is 3. The number of hydrogen-bond acceptors (Lipinski definition) is 6. The summed E-state index contributed by atoms with van der Waals surface area (Å²) in [6, 6.07) is 7.67. The van der Waals surface area contributed by atoms with Crippen LogP contribution in [0, 0.1) is 0 Å². The lowest BCUT2D eigenvalue weighted by atomic mass is 9.91. The Labute approximate surface area is 119 Å². The van der Waals surface area contributed by atoms with E-state index in [4.69, 9.17) is 5.11 Å². The van der Waals surface area contributed by atoms with Crippen molar-refractivity contribution < 1.29 is 29.6 Å². The van der Waals surface area contributed by atoms with E-state index in [-0.39, 0.29) is 11.1 Å². The molecule has 0 aromatic heterocycles. The van der Waals surface area contributed by atoms with Gasteiger partial charge in [0.15, 0.2) is 0 Å². The number of benzene rings is 2. The van der Waals surface area contributed by atoms with Crippen molar-refractivity contribution in [1.29, 1.82) is 0 Å². The van der Waals surface area contributed by atoms with Gasteiger partial charge in [-0.15, -0.1) is 0 Å². The normalized spacial score (nSPS) is 16.7. The minimum atomic E-state index is -1.35. The Morgan fingerprint density at radius 3 is 2.33 bits per heavy atom. The monoisotopic (exact) mass is 288 g/mol. The number of aliphatic hydroxyl groups excluding tert-OH is 3. The Morgan fingerprint density at radius 1 is 1.00 bits per heavy atom. The lowest BCUT2D eigenvalue weighted by Crippen LogP contribution is -2.24. The molecule has 1 aliphatic rings. The zero-order valence-corrected chi connectivity index (χ0v) is 10.8. The fourth-order valence-corrected chi connectivity index (χ4v) is 2.53. The summed E-state index contributed by atoms with van der Waals surface area (Å²) in [5, 5.41) is 29.5. The third-order valence-electron chi connectivity index (χ3n) is 3.57. The zero-order chi connectivity index (χ0) is 15.1. The van der Waals surface area contributed by atoms with E-state index < -0.39 is 30.8 Å². The summed E-state index contributed by atoms with van der Waals surface area (Å²) in [7, 11) is 0. The molecule has 1 heterocycles. The molecule has 2 unspecified atom stereocenters. The second-order valence-corrected chi connectivity index (χ2v) is 4.80. The van der Waals surface area contributed by atoms with Gasteiger partial charge in [-0.3, -0.25) is 0 Å². The highest BCUT2D eigenvalue weighted by Gasteiger charge is 2.29. The summed E-state index contributed by atoms with van der Waals surface area (Å²) in [6.07, 6.45) is -2.68. The van der Waals surface area contributed by atoms with E-state index in [2.05, 4.69) is 4.74 Å². The smallest absolute Gasteiger partial charge is 0.346 e. The van der Waals surface area contributed by atoms with E-state index in [0.717, 1.165) is 0 Å². The molecular weight excluding hydrogens is 276 g/mol. The van der Waals surface area contributed by atoms with Crippen LogP contribution in [0.5, 0.6) is 0 Å². The third kappa shape index (κ3) is 2.01. The summed E-state index contributed by atoms with van der Waals surface area (Å²) in [4.78, 5) is 23.5. The SMILES string of the molecule is O=C1OC(=O)c2ccc(C(O)C(O)CO)c3cccc1c23. The molecule has 1 aliphatic heterocycles. The number of hydrogen-bond donors (Lipinski definition) is 3. The van der Waals surface area contributed by atoms with Gasteiger partial charge in [0, 0.05) is 5.39 Å². The molecule has 2 atom stereocenters. The average molecular weight is 288 g/mol. The van der Waals surface area contributed by atoms with Crippen molar-refractivity contribution in [3.63, 3.8) is 0 Å². The van der Waals surface area contributed by atoms with Crippen molar-refractivity contribution in [2.75, 3.05) is 6.61 Å². The zero-order valence-electron chi connectivity index (χ0n) is 10.8. The first-order chi connectivity index (χ1) is 10.0. The summed E-state index contributed by atoms with van der Waals surface area (Å²) in [6.45, 7) is -0.606. The largest absolute Gasteiger partial charge is 0.394 e. The topological polar surface area (TPSA) is 104 Å². The van der Waals surface area contributed by atoms with Crippen LogP contribution >= 0.6 is 0 Å². The third-order valence-corrected chi connectivity index (χ3v) is 3.57. The van der Waals surface area contributed by atoms with Gasteiger partial charge in [0.2, 0.25) is 0 Å². The predicted octanol–water partition coefficient (Wildman–Crippen LogP) is 0.537. The molecule has 0 radical (unpaired) electrons. The number of ether oxygens (including phenoxy) is 1. The van der Waals surface area contributed by atoms with Crippen molar-refractivity contribution in [3.05, 3.63) is 47.0 Å². The van der Waals surface area contributed by atoms with Crippen LogP contribution in [-0.2, 0) is 4.74 Å². The van der Waals surface area contributed by atoms with E-state index in [9.17, 15) is 19.8 Å². The van der Waals surface area contributed by atoms with E-state index in [1.807, 2.05) is 0 Å². The molecule has 2 aromatic carbocycles. The fraction of sp³-hybridized carbons (Fsp3) is 0.200. The van der Waals surface area contributed by atoms with Crippen molar-refractivity contribution in [2.24, 2.45) is 0 Å². The number of carbonyl (C=O) groups is 2. The Morgan fingerprint density at radius 2 is 1.67 bits per heavy atom. The number of esters is 2. The van der Waals surface area contributed by atoms with Crippen LogP contribution in [0.1, 0.15) is 32.4 Å². The maximum absolute atomic E-state index is 11.8. The number of cyclic esters (lactones) is 2. The second-order valence-electron chi connectivity index (χ2n) is 4.80. The summed E-state index contributed by atoms with van der Waals surface area (Å²) in [5.74, 6) is -1.49. The van der Waals surface area contributed by atoms with Crippen molar-refractivity contribution >= 4 is 22.7 Å². The molecule has 0 spiro atoms. The Kier molecular flexibility index (Phi) is 3.21. The van der Waals surface area contributed by atoms with E-state index in [1.54, 1.807) is 12.1 Å². The molecule has 0 amide bonds. The molecule has 0 fully saturated rings. The predicted molar refractivity (Wildman–Crippen MR) is 71.7 cm³/mol. The van der Waals surface area contributed by atoms with Gasteiger partial charge in [-0.1, -0.05) is 18.2 Å². The average Bonchev–Trinajstić information content (AvgIpc) is 2.50. The molecule has 0 saturated heterocycles. The first-order valence-corrected chi connectivity index (χ1v) is 6.33. The van der Waals surface area contributed by atoms with E-state index >= 15 is 0 Å². The number of carbonyl (C=O) groups excluding carboxylic acids is 2. The van der Waals surface area contributed by atoms with Gasteiger partial charge in [-0.05, 0) is 23.1 Å². The molecular formula is C15H12O6. The molecule has 3 N–H and O–H groups in total. The maximum Gasteiger partial charge on any atom is 0.346 e. The molecule has 108 valence electrons. The van der Waals surface area contributed by atoms with Gasteiger partial charge in [-0.2, -0.15) is 0 Å². The highest BCUT2D eigenvalue weighted by molar-refractivity contribution is 6.21. The van der Waals surface area contributed by atoms with Gasteiger partial charge in [0.05, 0.1) is 17.7 Å². The first-order valence-electron chi connectivity index (χ1n) is 6.33. The molecule has 3 rings (SSSR count). The Hall–Kier alpha value is -2.28. The van der Waals surface area contributed by atoms with Gasteiger partial charge in [-0.25, -0.2) is 9.59 Å². The van der Waals surface area contributed by atoms with Crippen molar-refractivity contribution in [2.45, 2.75) is 12.2 Å². The Balaban J connectivity index is 2.31. The standard InChI is InChI=1S/C15H12O6/c16-6-11(17)13(18)8-4-5-10-12-7(8)2-1-3-9(12)14(19)21-15(10)20/h1-5,11,13,16-18H,6H2. The van der Waals surface area contributed by atoms with Crippen molar-refractivity contribution in [1.82, 2.24) is 0 Å². The lowest BCUT2D eigenvalue weighted by Gasteiger charge is -2.21. The summed E-state index contributed by atoms with van der Waals surface area (Å²) in [5.41, 5.74) is 0.795. The molecule has 6 heteroatoms. The van der Waals surface area contributed by atoms with Gasteiger partial charge >= 0.3 is 11.9 Å². The summed E-state index contributed by atoms with van der Waals surface area (Å²) < 4.78 is 4.64. The molecule has 6 nitrogen and oxygen atoms in total. The molecule has 0 bridgehead atoms. The minimum Gasteiger partial charge on any atom is -0.394 e. The van der Waals surface area contributed by atoms with Gasteiger partial charge in [0.1, 0.15) is 12.2 Å². The highest BCUT2D eigenvalue weighted by atomic mass is 16.6. The van der Waals surface area contributed by atoms with Crippen LogP contribution in [0.15, 0.2) is 30.3 Å². The molecule has 2 aromatic rings. The van der Waals surface area contributed by atoms with Crippen molar-refractivity contribution in [3.8, 4) is 0 Å². The Bertz CT molecular complexity index is 731. The van der Waals surface area contributed by atoms with Crippen LogP contribution in [-0.4, -0.2) is 40.0 Å². The first kappa shape index (κ1) is 13.7. The van der Waals surface area contributed by atoms with E-state index in [1.165, 1.54) is 18.2 Å². The molecule has 21 heavy (non-hydrogen) atoms. The van der Waals surface area contributed by atoms with Crippen LogP contribution in [0.25, 0.3) is 10.8 Å².